The highest BCUT2D eigenvalue weighted by molar-refractivity contribution is 9.13. The zero-order valence-corrected chi connectivity index (χ0v) is 12.9. The van der Waals surface area contributed by atoms with E-state index in [1.807, 2.05) is 12.1 Å². The van der Waals surface area contributed by atoms with Gasteiger partial charge in [0.2, 0.25) is 0 Å². The van der Waals surface area contributed by atoms with E-state index in [4.69, 9.17) is 16.0 Å². The second-order valence-corrected chi connectivity index (χ2v) is 5.40. The monoisotopic (exact) mass is 385 g/mol. The average Bonchev–Trinajstić information content (AvgIpc) is 2.66. The topological polar surface area (TPSA) is 36.9 Å². The largest absolute Gasteiger partial charge is 0.449 e. The molecule has 2 aromatic rings. The smallest absolute Gasteiger partial charge is 0.184 e. The van der Waals surface area contributed by atoms with E-state index in [1.54, 1.807) is 24.3 Å². The Morgan fingerprint density at radius 1 is 1.33 bits per heavy atom. The Bertz CT molecular complexity index is 636. The van der Waals surface area contributed by atoms with Crippen molar-refractivity contribution in [2.45, 2.75) is 0 Å². The highest BCUT2D eigenvalue weighted by Gasteiger charge is 2.09. The van der Waals surface area contributed by atoms with Crippen LogP contribution in [-0.2, 0) is 0 Å². The predicted molar refractivity (Wildman–Crippen MR) is 79.0 cm³/mol. The number of nitriles is 1. The lowest BCUT2D eigenvalue weighted by Crippen LogP contribution is -1.82. The fraction of sp³-hybridized carbons (Fsp3) is 0. The Hall–Kier alpha value is -1.02. The van der Waals surface area contributed by atoms with E-state index in [-0.39, 0.29) is 0 Å². The average molecular weight is 387 g/mol. The summed E-state index contributed by atoms with van der Waals surface area (Å²) in [6.45, 7) is 0. The quantitative estimate of drug-likeness (QED) is 0.636. The van der Waals surface area contributed by atoms with Crippen LogP contribution in [-0.4, -0.2) is 0 Å². The molecule has 5 heteroatoms. The van der Waals surface area contributed by atoms with E-state index in [0.717, 1.165) is 4.47 Å². The second-order valence-electron chi connectivity index (χ2n) is 3.42. The van der Waals surface area contributed by atoms with Crippen LogP contribution in [0.1, 0.15) is 11.3 Å². The summed E-state index contributed by atoms with van der Waals surface area (Å²) in [5.41, 5.74) is 1.14. The summed E-state index contributed by atoms with van der Waals surface area (Å²) in [5, 5.41) is 9.74. The molecule has 0 N–H and O–H groups in total. The third-order valence-electron chi connectivity index (χ3n) is 2.24. The van der Waals surface area contributed by atoms with E-state index in [9.17, 15) is 5.26 Å². The molecule has 18 heavy (non-hydrogen) atoms. The number of halogens is 3. The van der Waals surface area contributed by atoms with Crippen molar-refractivity contribution in [3.05, 3.63) is 55.8 Å². The van der Waals surface area contributed by atoms with E-state index >= 15 is 0 Å². The minimum Gasteiger partial charge on any atom is -0.449 e. The number of allylic oxidation sites excluding steroid dienone is 1. The molecule has 0 aliphatic carbocycles. The van der Waals surface area contributed by atoms with Gasteiger partial charge in [0.1, 0.15) is 5.76 Å². The van der Waals surface area contributed by atoms with Crippen molar-refractivity contribution in [1.29, 1.82) is 5.26 Å². The molecule has 0 saturated heterocycles. The maximum atomic E-state index is 9.20. The maximum absolute atomic E-state index is 9.20. The molecule has 1 aromatic carbocycles. The fourth-order valence-electron chi connectivity index (χ4n) is 1.43. The summed E-state index contributed by atoms with van der Waals surface area (Å²) in [4.78, 5) is 0. The van der Waals surface area contributed by atoms with Gasteiger partial charge in [-0.3, -0.25) is 0 Å². The minimum atomic E-state index is 0.453. The van der Waals surface area contributed by atoms with Crippen LogP contribution in [0, 0.1) is 11.3 Å². The summed E-state index contributed by atoms with van der Waals surface area (Å²) in [6, 6.07) is 11.1. The molecule has 0 unspecified atom stereocenters. The molecule has 0 aliphatic heterocycles. The molecule has 2 nitrogen and oxygen atoms in total. The normalized spacial score (nSPS) is 11.3. The highest BCUT2D eigenvalue weighted by Crippen LogP contribution is 2.30. The van der Waals surface area contributed by atoms with E-state index in [2.05, 4.69) is 37.9 Å². The van der Waals surface area contributed by atoms with E-state index in [1.165, 1.54) is 0 Å². The predicted octanol–water partition coefficient (Wildman–Crippen LogP) is 5.52. The zero-order chi connectivity index (χ0) is 13.1. The summed E-state index contributed by atoms with van der Waals surface area (Å²) >= 11 is 12.6. The first-order valence-electron chi connectivity index (χ1n) is 4.93. The molecule has 90 valence electrons. The van der Waals surface area contributed by atoms with Crippen LogP contribution >= 0.6 is 43.5 Å². The lowest BCUT2D eigenvalue weighted by molar-refractivity contribution is 0.530. The van der Waals surface area contributed by atoms with Crippen LogP contribution in [0.25, 0.3) is 11.6 Å². The van der Waals surface area contributed by atoms with Gasteiger partial charge in [0.25, 0.3) is 0 Å². The van der Waals surface area contributed by atoms with E-state index < -0.39 is 0 Å². The number of furan rings is 1. The van der Waals surface area contributed by atoms with Gasteiger partial charge < -0.3 is 4.42 Å². The molecular formula is C13H6Br2ClNO. The molecule has 0 atom stereocenters. The summed E-state index contributed by atoms with van der Waals surface area (Å²) in [6.07, 6.45) is 1.65. The number of rotatable bonds is 2. The molecular weight excluding hydrogens is 381 g/mol. The third-order valence-corrected chi connectivity index (χ3v) is 4.28. The first kappa shape index (κ1) is 13.4. The molecule has 1 heterocycles. The van der Waals surface area contributed by atoms with Gasteiger partial charge >= 0.3 is 0 Å². The van der Waals surface area contributed by atoms with Crippen molar-refractivity contribution in [3.8, 4) is 6.07 Å². The van der Waals surface area contributed by atoms with Gasteiger partial charge in [0, 0.05) is 10.6 Å². The Morgan fingerprint density at radius 2 is 2.06 bits per heavy atom. The Kier molecular flexibility index (Phi) is 4.28. The molecule has 0 aliphatic rings. The van der Waals surface area contributed by atoms with Gasteiger partial charge in [0.15, 0.2) is 4.67 Å². The number of hydrogen-bond donors (Lipinski definition) is 0. The van der Waals surface area contributed by atoms with Crippen molar-refractivity contribution >= 4 is 55.1 Å². The summed E-state index contributed by atoms with van der Waals surface area (Å²) in [5.74, 6) is 0.574. The summed E-state index contributed by atoms with van der Waals surface area (Å²) in [7, 11) is 0. The van der Waals surface area contributed by atoms with Crippen LogP contribution in [0.4, 0.5) is 0 Å². The van der Waals surface area contributed by atoms with Crippen LogP contribution in [0.2, 0.25) is 5.02 Å². The van der Waals surface area contributed by atoms with Gasteiger partial charge in [-0.15, -0.1) is 0 Å². The zero-order valence-electron chi connectivity index (χ0n) is 8.95. The Labute approximate surface area is 126 Å². The molecule has 1 aromatic heterocycles. The summed E-state index contributed by atoms with van der Waals surface area (Å²) < 4.78 is 6.79. The molecule has 0 amide bonds. The third kappa shape index (κ3) is 2.86. The van der Waals surface area contributed by atoms with Crippen LogP contribution < -0.4 is 0 Å². The fourth-order valence-corrected chi connectivity index (χ4v) is 2.27. The SMILES string of the molecule is N#CC(=Cc1cc(Br)c(Br)o1)c1ccccc1Cl. The van der Waals surface area contributed by atoms with Gasteiger partial charge in [-0.25, -0.2) is 0 Å². The van der Waals surface area contributed by atoms with Gasteiger partial charge in [0.05, 0.1) is 16.1 Å². The molecule has 0 spiro atoms. The van der Waals surface area contributed by atoms with Crippen LogP contribution in [0.15, 0.2) is 43.9 Å². The van der Waals surface area contributed by atoms with Crippen LogP contribution in [0.3, 0.4) is 0 Å². The van der Waals surface area contributed by atoms with Gasteiger partial charge in [-0.05, 0) is 50.1 Å². The lowest BCUT2D eigenvalue weighted by Gasteiger charge is -2.00. The Morgan fingerprint density at radius 3 is 2.61 bits per heavy atom. The molecule has 0 radical (unpaired) electrons. The number of hydrogen-bond acceptors (Lipinski definition) is 2. The van der Waals surface area contributed by atoms with Crippen LogP contribution in [0.5, 0.6) is 0 Å². The van der Waals surface area contributed by atoms with Crippen molar-refractivity contribution in [3.63, 3.8) is 0 Å². The van der Waals surface area contributed by atoms with Crippen molar-refractivity contribution in [2.24, 2.45) is 0 Å². The number of benzene rings is 1. The van der Waals surface area contributed by atoms with Crippen molar-refractivity contribution < 1.29 is 4.42 Å². The van der Waals surface area contributed by atoms with E-state index in [0.29, 0.717) is 26.6 Å². The standard InChI is InChI=1S/C13H6Br2ClNO/c14-11-6-9(18-13(11)15)5-8(7-17)10-3-1-2-4-12(10)16/h1-6H. The second kappa shape index (κ2) is 5.75. The van der Waals surface area contributed by atoms with Gasteiger partial charge in [-0.2, -0.15) is 5.26 Å². The maximum Gasteiger partial charge on any atom is 0.184 e. The Balaban J connectivity index is 2.47. The molecule has 2 rings (SSSR count). The lowest BCUT2D eigenvalue weighted by atomic mass is 10.1. The number of nitrogens with zero attached hydrogens (tertiary/aromatic N) is 1. The first-order chi connectivity index (χ1) is 8.61. The minimum absolute atomic E-state index is 0.453. The highest BCUT2D eigenvalue weighted by atomic mass is 79.9. The van der Waals surface area contributed by atoms with Crippen molar-refractivity contribution in [2.75, 3.05) is 0 Å². The molecule has 0 fully saturated rings. The van der Waals surface area contributed by atoms with Gasteiger partial charge in [-0.1, -0.05) is 29.8 Å². The first-order valence-corrected chi connectivity index (χ1v) is 6.89. The molecule has 0 saturated carbocycles. The van der Waals surface area contributed by atoms with Crippen molar-refractivity contribution in [1.82, 2.24) is 0 Å². The molecule has 0 bridgehead atoms.